The van der Waals surface area contributed by atoms with Gasteiger partial charge in [0.1, 0.15) is 11.6 Å². The fourth-order valence-corrected chi connectivity index (χ4v) is 1.74. The summed E-state index contributed by atoms with van der Waals surface area (Å²) in [7, 11) is 1.34. The van der Waals surface area contributed by atoms with Gasteiger partial charge in [0.25, 0.3) is 0 Å². The first kappa shape index (κ1) is 11.4. The predicted molar refractivity (Wildman–Crippen MR) is 63.4 cm³/mol. The van der Waals surface area contributed by atoms with Crippen LogP contribution in [0.1, 0.15) is 18.7 Å². The number of fused-ring (bicyclic) bond motifs is 1. The van der Waals surface area contributed by atoms with Gasteiger partial charge in [-0.15, -0.1) is 0 Å². The molecule has 2 aromatic rings. The Kier molecular flexibility index (Phi) is 2.71. The average Bonchev–Trinajstić information content (AvgIpc) is 2.62. The molecule has 1 atom stereocenters. The number of imidazole rings is 1. The maximum Gasteiger partial charge on any atom is 0.328 e. The third-order valence-electron chi connectivity index (χ3n) is 2.63. The van der Waals surface area contributed by atoms with Gasteiger partial charge < -0.3 is 10.5 Å². The Balaban J connectivity index is 2.63. The molecule has 0 fully saturated rings. The van der Waals surface area contributed by atoms with Crippen molar-refractivity contribution in [3.05, 3.63) is 17.8 Å². The highest BCUT2D eigenvalue weighted by Crippen LogP contribution is 2.22. The highest BCUT2D eigenvalue weighted by Gasteiger charge is 2.21. The van der Waals surface area contributed by atoms with E-state index in [-0.39, 0.29) is 11.9 Å². The second kappa shape index (κ2) is 4.04. The van der Waals surface area contributed by atoms with Crippen molar-refractivity contribution >= 4 is 23.1 Å². The topological polar surface area (TPSA) is 83.0 Å². The standard InChI is InChI=1S/C11H14N4O2/c1-6-4-5-8-9(13-6)15(11(12)14-8)7(2)10(16)17-3/h4-5,7H,1-3H3,(H2,12,14). The molecule has 90 valence electrons. The molecule has 0 radical (unpaired) electrons. The van der Waals surface area contributed by atoms with Gasteiger partial charge in [0.2, 0.25) is 5.95 Å². The van der Waals surface area contributed by atoms with Crippen LogP contribution in [0.25, 0.3) is 11.2 Å². The fraction of sp³-hybridized carbons (Fsp3) is 0.364. The fourth-order valence-electron chi connectivity index (χ4n) is 1.74. The normalized spacial score (nSPS) is 12.6. The molecule has 0 aliphatic carbocycles. The van der Waals surface area contributed by atoms with Gasteiger partial charge in [-0.3, -0.25) is 4.57 Å². The van der Waals surface area contributed by atoms with Gasteiger partial charge in [0, 0.05) is 5.69 Å². The Morgan fingerprint density at radius 1 is 1.47 bits per heavy atom. The van der Waals surface area contributed by atoms with Crippen molar-refractivity contribution in [2.75, 3.05) is 12.8 Å². The van der Waals surface area contributed by atoms with Crippen molar-refractivity contribution < 1.29 is 9.53 Å². The van der Waals surface area contributed by atoms with E-state index in [1.165, 1.54) is 7.11 Å². The van der Waals surface area contributed by atoms with Crippen LogP contribution in [-0.2, 0) is 9.53 Å². The smallest absolute Gasteiger partial charge is 0.328 e. The molecule has 0 saturated carbocycles. The molecule has 0 spiro atoms. The lowest BCUT2D eigenvalue weighted by Crippen LogP contribution is -2.19. The highest BCUT2D eigenvalue weighted by atomic mass is 16.5. The third-order valence-corrected chi connectivity index (χ3v) is 2.63. The molecular weight excluding hydrogens is 220 g/mol. The van der Waals surface area contributed by atoms with Crippen LogP contribution < -0.4 is 5.73 Å². The second-order valence-electron chi connectivity index (χ2n) is 3.83. The molecule has 6 nitrogen and oxygen atoms in total. The van der Waals surface area contributed by atoms with Crippen LogP contribution in [0.15, 0.2) is 12.1 Å². The number of aryl methyl sites for hydroxylation is 1. The quantitative estimate of drug-likeness (QED) is 0.785. The van der Waals surface area contributed by atoms with Gasteiger partial charge in [-0.2, -0.15) is 0 Å². The maximum atomic E-state index is 11.5. The molecule has 0 bridgehead atoms. The third kappa shape index (κ3) is 1.82. The van der Waals surface area contributed by atoms with Gasteiger partial charge in [0.15, 0.2) is 5.65 Å². The van der Waals surface area contributed by atoms with Gasteiger partial charge >= 0.3 is 5.97 Å². The van der Waals surface area contributed by atoms with Crippen LogP contribution in [0.5, 0.6) is 0 Å². The molecule has 2 N–H and O–H groups in total. The van der Waals surface area contributed by atoms with Crippen molar-refractivity contribution in [1.29, 1.82) is 0 Å². The lowest BCUT2D eigenvalue weighted by atomic mass is 10.3. The van der Waals surface area contributed by atoms with Crippen molar-refractivity contribution in [3.63, 3.8) is 0 Å². The predicted octanol–water partition coefficient (Wildman–Crippen LogP) is 1.06. The van der Waals surface area contributed by atoms with Gasteiger partial charge in [0.05, 0.1) is 7.11 Å². The summed E-state index contributed by atoms with van der Waals surface area (Å²) in [5.74, 6) is -0.115. The Morgan fingerprint density at radius 3 is 2.82 bits per heavy atom. The molecule has 17 heavy (non-hydrogen) atoms. The summed E-state index contributed by atoms with van der Waals surface area (Å²) in [6, 6.07) is 3.13. The average molecular weight is 234 g/mol. The number of nitrogens with zero attached hydrogens (tertiary/aromatic N) is 3. The van der Waals surface area contributed by atoms with Crippen molar-refractivity contribution in [2.45, 2.75) is 19.9 Å². The number of nitrogens with two attached hydrogens (primary N) is 1. The van der Waals surface area contributed by atoms with E-state index < -0.39 is 6.04 Å². The number of hydrogen-bond donors (Lipinski definition) is 1. The van der Waals surface area contributed by atoms with E-state index in [1.54, 1.807) is 11.5 Å². The number of carbonyl (C=O) groups is 1. The first-order valence-corrected chi connectivity index (χ1v) is 5.23. The van der Waals surface area contributed by atoms with Gasteiger partial charge in [-0.1, -0.05) is 0 Å². The number of ether oxygens (including phenoxy) is 1. The van der Waals surface area contributed by atoms with Crippen molar-refractivity contribution in [2.24, 2.45) is 0 Å². The molecule has 1 unspecified atom stereocenters. The summed E-state index contributed by atoms with van der Waals surface area (Å²) in [6.07, 6.45) is 0. The second-order valence-corrected chi connectivity index (χ2v) is 3.83. The number of aromatic nitrogens is 3. The van der Waals surface area contributed by atoms with E-state index in [0.29, 0.717) is 11.2 Å². The Hall–Kier alpha value is -2.11. The van der Waals surface area contributed by atoms with Crippen LogP contribution in [0.3, 0.4) is 0 Å². The molecule has 6 heteroatoms. The molecule has 2 aromatic heterocycles. The number of nitrogen functional groups attached to an aromatic ring is 1. The molecular formula is C11H14N4O2. The summed E-state index contributed by atoms with van der Waals surface area (Å²) >= 11 is 0. The zero-order chi connectivity index (χ0) is 12.6. The zero-order valence-corrected chi connectivity index (χ0v) is 9.97. The first-order chi connectivity index (χ1) is 8.04. The van der Waals surface area contributed by atoms with Gasteiger partial charge in [-0.05, 0) is 26.0 Å². The summed E-state index contributed by atoms with van der Waals surface area (Å²) in [5.41, 5.74) is 7.91. The van der Waals surface area contributed by atoms with Crippen LogP contribution >= 0.6 is 0 Å². The van der Waals surface area contributed by atoms with Crippen LogP contribution in [0, 0.1) is 6.92 Å². The van der Waals surface area contributed by atoms with Crippen molar-refractivity contribution in [1.82, 2.24) is 14.5 Å². The number of hydrogen-bond acceptors (Lipinski definition) is 5. The molecule has 0 aliphatic heterocycles. The number of pyridine rings is 1. The number of esters is 1. The first-order valence-electron chi connectivity index (χ1n) is 5.23. The van der Waals surface area contributed by atoms with Gasteiger partial charge in [-0.25, -0.2) is 14.8 Å². The minimum absolute atomic E-state index is 0.260. The SMILES string of the molecule is COC(=O)C(C)n1c(N)nc2ccc(C)nc21. The van der Waals surface area contributed by atoms with Crippen LogP contribution in [0.2, 0.25) is 0 Å². The van der Waals surface area contributed by atoms with E-state index in [0.717, 1.165) is 5.69 Å². The van der Waals surface area contributed by atoms with E-state index in [1.807, 2.05) is 19.1 Å². The van der Waals surface area contributed by atoms with Crippen molar-refractivity contribution in [3.8, 4) is 0 Å². The molecule has 0 aromatic carbocycles. The monoisotopic (exact) mass is 234 g/mol. The van der Waals surface area contributed by atoms with E-state index >= 15 is 0 Å². The molecule has 0 saturated heterocycles. The molecule has 0 aliphatic rings. The van der Waals surface area contributed by atoms with E-state index in [9.17, 15) is 4.79 Å². The van der Waals surface area contributed by atoms with E-state index in [2.05, 4.69) is 9.97 Å². The minimum Gasteiger partial charge on any atom is -0.467 e. The Bertz CT molecular complexity index is 576. The molecule has 0 amide bonds. The number of methoxy groups -OCH3 is 1. The Labute approximate surface area is 98.4 Å². The lowest BCUT2D eigenvalue weighted by molar-refractivity contribution is -0.143. The lowest BCUT2D eigenvalue weighted by Gasteiger charge is -2.12. The zero-order valence-electron chi connectivity index (χ0n) is 9.97. The maximum absolute atomic E-state index is 11.5. The number of anilines is 1. The number of rotatable bonds is 2. The summed E-state index contributed by atoms with van der Waals surface area (Å²) in [5, 5.41) is 0. The Morgan fingerprint density at radius 2 is 2.18 bits per heavy atom. The summed E-state index contributed by atoms with van der Waals surface area (Å²) in [6.45, 7) is 3.57. The van der Waals surface area contributed by atoms with Crippen LogP contribution in [-0.4, -0.2) is 27.6 Å². The number of carbonyl (C=O) groups excluding carboxylic acids is 1. The highest BCUT2D eigenvalue weighted by molar-refractivity contribution is 5.80. The molecule has 2 rings (SSSR count). The summed E-state index contributed by atoms with van der Waals surface area (Å²) < 4.78 is 6.28. The molecule has 2 heterocycles. The largest absolute Gasteiger partial charge is 0.467 e. The summed E-state index contributed by atoms with van der Waals surface area (Å²) in [4.78, 5) is 20.0. The minimum atomic E-state index is -0.542. The van der Waals surface area contributed by atoms with Crippen LogP contribution in [0.4, 0.5) is 5.95 Å². The van der Waals surface area contributed by atoms with E-state index in [4.69, 9.17) is 10.5 Å².